The Bertz CT molecular complexity index is 475. The van der Waals surface area contributed by atoms with Gasteiger partial charge in [0.2, 0.25) is 15.9 Å². The Kier molecular flexibility index (Phi) is 6.60. The van der Waals surface area contributed by atoms with Crippen LogP contribution < -0.4 is 5.32 Å². The lowest BCUT2D eigenvalue weighted by atomic mass is 10.0. The largest absolute Gasteiger partial charge is 0.481 e. The third-order valence-corrected chi connectivity index (χ3v) is 5.39. The number of nitrogens with one attached hydrogen (secondary N) is 1. The van der Waals surface area contributed by atoms with Gasteiger partial charge >= 0.3 is 5.97 Å². The number of sulfonamides is 1. The Morgan fingerprint density at radius 2 is 1.95 bits per heavy atom. The maximum absolute atomic E-state index is 12.2. The second-order valence-electron chi connectivity index (χ2n) is 5.61. The van der Waals surface area contributed by atoms with Gasteiger partial charge in [-0.2, -0.15) is 4.31 Å². The van der Waals surface area contributed by atoms with Crippen molar-refractivity contribution < 1.29 is 23.1 Å². The van der Waals surface area contributed by atoms with E-state index in [1.165, 1.54) is 4.31 Å². The minimum atomic E-state index is -3.33. The van der Waals surface area contributed by atoms with E-state index in [4.69, 9.17) is 5.11 Å². The van der Waals surface area contributed by atoms with Crippen molar-refractivity contribution in [3.63, 3.8) is 0 Å². The van der Waals surface area contributed by atoms with Crippen molar-refractivity contribution in [1.29, 1.82) is 0 Å². The molecule has 1 unspecified atom stereocenters. The first-order chi connectivity index (χ1) is 9.75. The summed E-state index contributed by atoms with van der Waals surface area (Å²) in [6.45, 7) is 4.39. The Labute approximate surface area is 125 Å². The molecule has 1 heterocycles. The molecule has 0 aromatic carbocycles. The molecule has 8 heteroatoms. The van der Waals surface area contributed by atoms with E-state index in [2.05, 4.69) is 5.32 Å². The number of amides is 1. The monoisotopic (exact) mass is 320 g/mol. The fourth-order valence-corrected chi connectivity index (χ4v) is 4.28. The van der Waals surface area contributed by atoms with E-state index in [1.54, 1.807) is 0 Å². The number of unbranched alkanes of at least 4 members (excludes halogenated alkanes) is 1. The van der Waals surface area contributed by atoms with Gasteiger partial charge in [-0.05, 0) is 25.2 Å². The van der Waals surface area contributed by atoms with Crippen LogP contribution in [0, 0.1) is 5.92 Å². The Morgan fingerprint density at radius 1 is 1.29 bits per heavy atom. The SMILES string of the molecule is CC(C)C(C(=O)NCCCCC(=O)O)N1CCCS1(=O)=O. The lowest BCUT2D eigenvalue weighted by molar-refractivity contribution is -0.137. The highest BCUT2D eigenvalue weighted by atomic mass is 32.2. The second kappa shape index (κ2) is 7.74. The minimum absolute atomic E-state index is 0.0734. The quantitative estimate of drug-likeness (QED) is 0.631. The standard InChI is InChI=1S/C13H24N2O5S/c1-10(2)12(15-8-5-9-21(15,19)20)13(18)14-7-4-3-6-11(16)17/h10,12H,3-9H2,1-2H3,(H,14,18)(H,16,17). The van der Waals surface area contributed by atoms with E-state index < -0.39 is 22.0 Å². The molecule has 1 rings (SSSR count). The summed E-state index contributed by atoms with van der Waals surface area (Å²) in [6.07, 6.45) is 1.68. The molecule has 0 aromatic heterocycles. The van der Waals surface area contributed by atoms with Crippen LogP contribution in [0.15, 0.2) is 0 Å². The number of rotatable bonds is 8. The van der Waals surface area contributed by atoms with E-state index in [-0.39, 0.29) is 24.0 Å². The maximum atomic E-state index is 12.2. The van der Waals surface area contributed by atoms with Crippen LogP contribution in [0.4, 0.5) is 0 Å². The molecule has 0 spiro atoms. The van der Waals surface area contributed by atoms with E-state index in [0.29, 0.717) is 32.4 Å². The van der Waals surface area contributed by atoms with Crippen molar-refractivity contribution in [2.45, 2.75) is 45.6 Å². The summed E-state index contributed by atoms with van der Waals surface area (Å²) in [5.41, 5.74) is 0. The third kappa shape index (κ3) is 5.28. The van der Waals surface area contributed by atoms with Crippen molar-refractivity contribution in [1.82, 2.24) is 9.62 Å². The van der Waals surface area contributed by atoms with Gasteiger partial charge in [-0.1, -0.05) is 13.8 Å². The van der Waals surface area contributed by atoms with E-state index in [0.717, 1.165) is 0 Å². The number of nitrogens with zero attached hydrogens (tertiary/aromatic N) is 1. The highest BCUT2D eigenvalue weighted by Gasteiger charge is 2.39. The number of carboxylic acid groups (broad SMARTS) is 1. The molecule has 0 saturated carbocycles. The molecule has 0 aliphatic carbocycles. The molecular formula is C13H24N2O5S. The number of aliphatic carboxylic acids is 1. The molecule has 1 fully saturated rings. The molecule has 0 radical (unpaired) electrons. The average Bonchev–Trinajstić information content (AvgIpc) is 2.68. The first-order valence-corrected chi connectivity index (χ1v) is 8.85. The molecule has 2 N–H and O–H groups in total. The van der Waals surface area contributed by atoms with Gasteiger partial charge < -0.3 is 10.4 Å². The van der Waals surface area contributed by atoms with Crippen LogP contribution in [0.1, 0.15) is 39.5 Å². The zero-order valence-electron chi connectivity index (χ0n) is 12.5. The normalized spacial score (nSPS) is 19.6. The Balaban J connectivity index is 2.53. The average molecular weight is 320 g/mol. The molecular weight excluding hydrogens is 296 g/mol. The molecule has 1 aliphatic heterocycles. The number of hydrogen-bond donors (Lipinski definition) is 2. The van der Waals surface area contributed by atoms with Gasteiger partial charge in [-0.3, -0.25) is 9.59 Å². The van der Waals surface area contributed by atoms with Crippen LogP contribution >= 0.6 is 0 Å². The second-order valence-corrected chi connectivity index (χ2v) is 7.65. The van der Waals surface area contributed by atoms with Crippen LogP contribution in [0.3, 0.4) is 0 Å². The van der Waals surface area contributed by atoms with Gasteiger partial charge in [-0.15, -0.1) is 0 Å². The van der Waals surface area contributed by atoms with Crippen molar-refractivity contribution in [3.05, 3.63) is 0 Å². The first-order valence-electron chi connectivity index (χ1n) is 7.24. The van der Waals surface area contributed by atoms with Gasteiger partial charge in [-0.25, -0.2) is 8.42 Å². The van der Waals surface area contributed by atoms with Crippen LogP contribution in [0.2, 0.25) is 0 Å². The summed E-state index contributed by atoms with van der Waals surface area (Å²) >= 11 is 0. The van der Waals surface area contributed by atoms with Crippen molar-refractivity contribution in [2.24, 2.45) is 5.92 Å². The van der Waals surface area contributed by atoms with Gasteiger partial charge in [0, 0.05) is 19.5 Å². The number of hydrogen-bond acceptors (Lipinski definition) is 4. The number of carboxylic acids is 1. The fraction of sp³-hybridized carbons (Fsp3) is 0.846. The number of carbonyl (C=O) groups is 2. The molecule has 1 aliphatic rings. The molecule has 0 aromatic rings. The summed E-state index contributed by atoms with van der Waals surface area (Å²) in [5.74, 6) is -1.17. The summed E-state index contributed by atoms with van der Waals surface area (Å²) < 4.78 is 25.2. The zero-order valence-corrected chi connectivity index (χ0v) is 13.4. The molecule has 1 amide bonds. The third-order valence-electron chi connectivity index (χ3n) is 3.47. The minimum Gasteiger partial charge on any atom is -0.481 e. The zero-order chi connectivity index (χ0) is 16.0. The van der Waals surface area contributed by atoms with Gasteiger partial charge in [0.05, 0.1) is 5.75 Å². The van der Waals surface area contributed by atoms with E-state index >= 15 is 0 Å². The van der Waals surface area contributed by atoms with Crippen LogP contribution in [-0.2, 0) is 19.6 Å². The summed E-state index contributed by atoms with van der Waals surface area (Å²) in [4.78, 5) is 22.6. The van der Waals surface area contributed by atoms with Crippen LogP contribution in [0.25, 0.3) is 0 Å². The predicted octanol–water partition coefficient (Wildman–Crippen LogP) is 0.418. The predicted molar refractivity (Wildman–Crippen MR) is 78.2 cm³/mol. The van der Waals surface area contributed by atoms with Crippen molar-refractivity contribution in [2.75, 3.05) is 18.8 Å². The van der Waals surface area contributed by atoms with Crippen LogP contribution in [0.5, 0.6) is 0 Å². The van der Waals surface area contributed by atoms with Gasteiger partial charge in [0.15, 0.2) is 0 Å². The summed E-state index contributed by atoms with van der Waals surface area (Å²) in [5, 5.41) is 11.2. The fourth-order valence-electron chi connectivity index (χ4n) is 2.45. The molecule has 7 nitrogen and oxygen atoms in total. The summed E-state index contributed by atoms with van der Waals surface area (Å²) in [6, 6.07) is -0.683. The lowest BCUT2D eigenvalue weighted by Crippen LogP contribution is -2.50. The topological polar surface area (TPSA) is 104 Å². The highest BCUT2D eigenvalue weighted by molar-refractivity contribution is 7.89. The van der Waals surface area contributed by atoms with Gasteiger partial charge in [0.1, 0.15) is 6.04 Å². The summed E-state index contributed by atoms with van der Waals surface area (Å²) in [7, 11) is -3.33. The van der Waals surface area contributed by atoms with Crippen molar-refractivity contribution >= 4 is 21.9 Å². The highest BCUT2D eigenvalue weighted by Crippen LogP contribution is 2.22. The Morgan fingerprint density at radius 3 is 2.43 bits per heavy atom. The molecule has 0 bridgehead atoms. The molecule has 21 heavy (non-hydrogen) atoms. The van der Waals surface area contributed by atoms with E-state index in [1.807, 2.05) is 13.8 Å². The smallest absolute Gasteiger partial charge is 0.303 e. The number of carbonyl (C=O) groups excluding carboxylic acids is 1. The maximum Gasteiger partial charge on any atom is 0.303 e. The van der Waals surface area contributed by atoms with Crippen LogP contribution in [-0.4, -0.2) is 54.6 Å². The van der Waals surface area contributed by atoms with Gasteiger partial charge in [0.25, 0.3) is 0 Å². The molecule has 1 atom stereocenters. The van der Waals surface area contributed by atoms with E-state index in [9.17, 15) is 18.0 Å². The molecule has 122 valence electrons. The Hall–Kier alpha value is -1.15. The lowest BCUT2D eigenvalue weighted by Gasteiger charge is -2.28. The first kappa shape index (κ1) is 17.9. The van der Waals surface area contributed by atoms with Crippen molar-refractivity contribution in [3.8, 4) is 0 Å². The molecule has 1 saturated heterocycles.